The second-order valence-electron chi connectivity index (χ2n) is 4.26. The molecule has 0 amide bonds. The molecule has 2 rings (SSSR count). The molecule has 1 aromatic rings. The number of hydrogen-bond donors (Lipinski definition) is 0. The Bertz CT molecular complexity index is 455. The normalized spacial score (nSPS) is 13.4. The van der Waals surface area contributed by atoms with Gasteiger partial charge >= 0.3 is 0 Å². The van der Waals surface area contributed by atoms with Crippen molar-refractivity contribution in [1.82, 2.24) is 0 Å². The first-order chi connectivity index (χ1) is 8.75. The van der Waals surface area contributed by atoms with Crippen LogP contribution in [0.3, 0.4) is 0 Å². The van der Waals surface area contributed by atoms with Crippen molar-refractivity contribution in [3.63, 3.8) is 0 Å². The molecule has 0 saturated carbocycles. The summed E-state index contributed by atoms with van der Waals surface area (Å²) < 4.78 is 16.6. The van der Waals surface area contributed by atoms with Gasteiger partial charge < -0.3 is 14.2 Å². The van der Waals surface area contributed by atoms with Crippen LogP contribution in [0.25, 0.3) is 0 Å². The third-order valence-electron chi connectivity index (χ3n) is 3.47. The van der Waals surface area contributed by atoms with Gasteiger partial charge in [-0.1, -0.05) is 25.8 Å². The zero-order valence-corrected chi connectivity index (χ0v) is 10.9. The predicted octanol–water partition coefficient (Wildman–Crippen LogP) is 3.08. The van der Waals surface area contributed by atoms with Gasteiger partial charge in [-0.2, -0.15) is 0 Å². The fourth-order valence-corrected chi connectivity index (χ4v) is 2.31. The van der Waals surface area contributed by atoms with E-state index in [-0.39, 0.29) is 12.4 Å². The lowest BCUT2D eigenvalue weighted by Crippen LogP contribution is -2.28. The Balaban J connectivity index is 2.33. The van der Waals surface area contributed by atoms with Crippen LogP contribution in [0, 0.1) is 12.3 Å². The molecule has 0 atom stereocenters. The van der Waals surface area contributed by atoms with Gasteiger partial charge in [-0.05, 0) is 30.5 Å². The first kappa shape index (κ1) is 12.8. The van der Waals surface area contributed by atoms with Crippen molar-refractivity contribution < 1.29 is 14.2 Å². The summed E-state index contributed by atoms with van der Waals surface area (Å²) in [5, 5.41) is 0. The first-order valence-electron chi connectivity index (χ1n) is 6.23. The monoisotopic (exact) mass is 246 g/mol. The molecule has 0 unspecified atom stereocenters. The molecule has 96 valence electrons. The summed E-state index contributed by atoms with van der Waals surface area (Å²) in [5.41, 5.74) is 0.750. The van der Waals surface area contributed by atoms with Gasteiger partial charge in [-0.25, -0.2) is 0 Å². The van der Waals surface area contributed by atoms with Gasteiger partial charge in [0.2, 0.25) is 6.79 Å². The largest absolute Gasteiger partial charge is 0.454 e. The number of benzene rings is 1. The molecule has 0 aliphatic carbocycles. The Morgan fingerprint density at radius 3 is 2.67 bits per heavy atom. The van der Waals surface area contributed by atoms with Gasteiger partial charge in [0.15, 0.2) is 11.5 Å². The fourth-order valence-electron chi connectivity index (χ4n) is 2.31. The van der Waals surface area contributed by atoms with Crippen molar-refractivity contribution in [2.45, 2.75) is 32.3 Å². The standard InChI is InChI=1S/C15H18O3/c1-4-9-18-15(5-2,6-3)12-7-8-13-14(10-12)17-11-16-13/h1,7-8,10H,5-6,9,11H2,2-3H3. The number of terminal acetylenes is 1. The molecule has 1 aliphatic heterocycles. The van der Waals surface area contributed by atoms with Crippen LogP contribution in [0.4, 0.5) is 0 Å². The Morgan fingerprint density at radius 2 is 2.00 bits per heavy atom. The molecule has 1 aliphatic rings. The smallest absolute Gasteiger partial charge is 0.231 e. The topological polar surface area (TPSA) is 27.7 Å². The van der Waals surface area contributed by atoms with Gasteiger partial charge in [0.05, 0.1) is 5.60 Å². The Hall–Kier alpha value is -1.66. The Labute approximate surface area is 108 Å². The fraction of sp³-hybridized carbons (Fsp3) is 0.467. The van der Waals surface area contributed by atoms with E-state index in [1.807, 2.05) is 18.2 Å². The second kappa shape index (κ2) is 5.32. The molecule has 3 nitrogen and oxygen atoms in total. The van der Waals surface area contributed by atoms with Gasteiger partial charge in [0.1, 0.15) is 6.61 Å². The van der Waals surface area contributed by atoms with E-state index < -0.39 is 0 Å². The maximum Gasteiger partial charge on any atom is 0.231 e. The van der Waals surface area contributed by atoms with E-state index in [0.29, 0.717) is 6.61 Å². The van der Waals surface area contributed by atoms with E-state index in [0.717, 1.165) is 29.9 Å². The van der Waals surface area contributed by atoms with Crippen LogP contribution in [-0.4, -0.2) is 13.4 Å². The van der Waals surface area contributed by atoms with Crippen molar-refractivity contribution in [3.05, 3.63) is 23.8 Å². The average Bonchev–Trinajstić information content (AvgIpc) is 2.88. The second-order valence-corrected chi connectivity index (χ2v) is 4.26. The molecule has 1 heterocycles. The number of hydrogen-bond acceptors (Lipinski definition) is 3. The molecular formula is C15H18O3. The minimum Gasteiger partial charge on any atom is -0.454 e. The van der Waals surface area contributed by atoms with E-state index >= 15 is 0 Å². The first-order valence-corrected chi connectivity index (χ1v) is 6.23. The van der Waals surface area contributed by atoms with Crippen LogP contribution in [0.15, 0.2) is 18.2 Å². The van der Waals surface area contributed by atoms with Crippen molar-refractivity contribution in [2.75, 3.05) is 13.4 Å². The van der Waals surface area contributed by atoms with Crippen molar-refractivity contribution in [3.8, 4) is 23.8 Å². The molecule has 0 spiro atoms. The minimum atomic E-state index is -0.340. The van der Waals surface area contributed by atoms with E-state index in [4.69, 9.17) is 20.6 Å². The van der Waals surface area contributed by atoms with Gasteiger partial charge in [0.25, 0.3) is 0 Å². The van der Waals surface area contributed by atoms with Gasteiger partial charge in [-0.3, -0.25) is 0 Å². The number of fused-ring (bicyclic) bond motifs is 1. The third kappa shape index (κ3) is 2.16. The van der Waals surface area contributed by atoms with E-state index in [2.05, 4.69) is 19.8 Å². The number of rotatable bonds is 5. The highest BCUT2D eigenvalue weighted by Gasteiger charge is 2.30. The van der Waals surface area contributed by atoms with Crippen LogP contribution in [0.1, 0.15) is 32.3 Å². The van der Waals surface area contributed by atoms with E-state index in [1.165, 1.54) is 0 Å². The molecule has 0 radical (unpaired) electrons. The molecule has 1 aromatic carbocycles. The minimum absolute atomic E-state index is 0.287. The summed E-state index contributed by atoms with van der Waals surface area (Å²) in [7, 11) is 0. The summed E-state index contributed by atoms with van der Waals surface area (Å²) in [6.45, 7) is 4.81. The average molecular weight is 246 g/mol. The summed E-state index contributed by atoms with van der Waals surface area (Å²) in [4.78, 5) is 0. The van der Waals surface area contributed by atoms with Crippen molar-refractivity contribution in [1.29, 1.82) is 0 Å². The molecule has 3 heteroatoms. The van der Waals surface area contributed by atoms with Crippen molar-refractivity contribution in [2.24, 2.45) is 0 Å². The lowest BCUT2D eigenvalue weighted by atomic mass is 9.88. The van der Waals surface area contributed by atoms with Crippen LogP contribution in [0.5, 0.6) is 11.5 Å². The quantitative estimate of drug-likeness (QED) is 0.747. The maximum atomic E-state index is 5.89. The summed E-state index contributed by atoms with van der Waals surface area (Å²) >= 11 is 0. The summed E-state index contributed by atoms with van der Waals surface area (Å²) in [6.07, 6.45) is 7.03. The number of ether oxygens (including phenoxy) is 3. The molecule has 0 fully saturated rings. The molecule has 18 heavy (non-hydrogen) atoms. The predicted molar refractivity (Wildman–Crippen MR) is 69.6 cm³/mol. The Kier molecular flexibility index (Phi) is 3.78. The highest BCUT2D eigenvalue weighted by Crippen LogP contribution is 2.39. The van der Waals surface area contributed by atoms with Crippen molar-refractivity contribution >= 4 is 0 Å². The van der Waals surface area contributed by atoms with Crippen LogP contribution < -0.4 is 9.47 Å². The van der Waals surface area contributed by atoms with Crippen LogP contribution in [0.2, 0.25) is 0 Å². The molecular weight excluding hydrogens is 228 g/mol. The zero-order chi connectivity index (χ0) is 13.0. The van der Waals surface area contributed by atoms with E-state index in [1.54, 1.807) is 0 Å². The van der Waals surface area contributed by atoms with Gasteiger partial charge in [0, 0.05) is 0 Å². The van der Waals surface area contributed by atoms with Crippen LogP contribution >= 0.6 is 0 Å². The molecule has 0 bridgehead atoms. The molecule has 0 N–H and O–H groups in total. The maximum absolute atomic E-state index is 5.89. The summed E-state index contributed by atoms with van der Waals surface area (Å²) in [6, 6.07) is 5.94. The lowest BCUT2D eigenvalue weighted by molar-refractivity contribution is -0.0400. The third-order valence-corrected chi connectivity index (χ3v) is 3.47. The highest BCUT2D eigenvalue weighted by atomic mass is 16.7. The molecule has 0 saturated heterocycles. The highest BCUT2D eigenvalue weighted by molar-refractivity contribution is 5.46. The van der Waals surface area contributed by atoms with E-state index in [9.17, 15) is 0 Å². The Morgan fingerprint density at radius 1 is 1.28 bits per heavy atom. The SMILES string of the molecule is C#CCOC(CC)(CC)c1ccc2c(c1)OCO2. The summed E-state index contributed by atoms with van der Waals surface area (Å²) in [5.74, 6) is 4.10. The lowest BCUT2D eigenvalue weighted by Gasteiger charge is -2.32. The molecule has 0 aromatic heterocycles. The van der Waals surface area contributed by atoms with Crippen LogP contribution in [-0.2, 0) is 10.3 Å². The zero-order valence-electron chi connectivity index (χ0n) is 10.9. The van der Waals surface area contributed by atoms with Gasteiger partial charge in [-0.15, -0.1) is 6.42 Å².